The summed E-state index contributed by atoms with van der Waals surface area (Å²) in [5.74, 6) is 0.528. The molecule has 1 aromatic carbocycles. The normalized spacial score (nSPS) is 15.4. The molecule has 6 nitrogen and oxygen atoms in total. The van der Waals surface area contributed by atoms with Crippen LogP contribution < -0.4 is 10.1 Å². The number of nitrogens with zero attached hydrogens (tertiary/aromatic N) is 1. The fourth-order valence-electron chi connectivity index (χ4n) is 2.33. The van der Waals surface area contributed by atoms with Gasteiger partial charge in [0.15, 0.2) is 0 Å². The lowest BCUT2D eigenvalue weighted by Gasteiger charge is -2.14. The Hall–Kier alpha value is -1.82. The van der Waals surface area contributed by atoms with Gasteiger partial charge in [-0.05, 0) is 18.9 Å². The Bertz CT molecular complexity index is 444. The highest BCUT2D eigenvalue weighted by Gasteiger charge is 2.20. The zero-order valence-electron chi connectivity index (χ0n) is 10.7. The molecule has 1 aliphatic rings. The molecule has 0 saturated heterocycles. The van der Waals surface area contributed by atoms with Crippen molar-refractivity contribution in [3.05, 3.63) is 28.3 Å². The fourth-order valence-corrected chi connectivity index (χ4v) is 2.33. The van der Waals surface area contributed by atoms with Crippen LogP contribution in [0.15, 0.2) is 18.2 Å². The summed E-state index contributed by atoms with van der Waals surface area (Å²) in [4.78, 5) is 10.6. The monoisotopic (exact) mass is 266 g/mol. The van der Waals surface area contributed by atoms with E-state index < -0.39 is 4.92 Å². The molecule has 6 heteroatoms. The number of nitrogens with one attached hydrogen (secondary N) is 1. The molecule has 1 fully saturated rings. The summed E-state index contributed by atoms with van der Waals surface area (Å²) in [6.45, 7) is 0.100. The van der Waals surface area contributed by atoms with Crippen LogP contribution in [0.1, 0.15) is 25.7 Å². The number of rotatable bonds is 6. The SMILES string of the molecule is O=[N+]([O-])c1ccc(OCCO)cc1NC1CCCC1. The summed E-state index contributed by atoms with van der Waals surface area (Å²) >= 11 is 0. The van der Waals surface area contributed by atoms with E-state index in [1.807, 2.05) is 0 Å². The molecule has 0 amide bonds. The molecule has 2 N–H and O–H groups in total. The molecule has 104 valence electrons. The first kappa shape index (κ1) is 13.6. The second kappa shape index (κ2) is 6.38. The maximum absolute atomic E-state index is 11.0. The number of aliphatic hydroxyl groups is 1. The predicted octanol–water partition coefficient (Wildman–Crippen LogP) is 2.32. The van der Waals surface area contributed by atoms with E-state index in [1.165, 1.54) is 6.07 Å². The summed E-state index contributed by atoms with van der Waals surface area (Å²) in [7, 11) is 0. The summed E-state index contributed by atoms with van der Waals surface area (Å²) < 4.78 is 5.28. The molecule has 0 aliphatic heterocycles. The first-order chi connectivity index (χ1) is 9.20. The van der Waals surface area contributed by atoms with E-state index in [-0.39, 0.29) is 18.9 Å². The van der Waals surface area contributed by atoms with E-state index in [1.54, 1.807) is 12.1 Å². The molecule has 1 saturated carbocycles. The maximum atomic E-state index is 11.0. The number of ether oxygens (including phenoxy) is 1. The summed E-state index contributed by atoms with van der Waals surface area (Å²) in [5, 5.41) is 22.9. The quantitative estimate of drug-likeness (QED) is 0.609. The van der Waals surface area contributed by atoms with Gasteiger partial charge in [0, 0.05) is 18.2 Å². The van der Waals surface area contributed by atoms with Crippen LogP contribution >= 0.6 is 0 Å². The Labute approximate surface area is 111 Å². The predicted molar refractivity (Wildman–Crippen MR) is 71.6 cm³/mol. The number of hydrogen-bond acceptors (Lipinski definition) is 5. The van der Waals surface area contributed by atoms with Crippen LogP contribution in [0, 0.1) is 10.1 Å². The number of nitro groups is 1. The lowest BCUT2D eigenvalue weighted by Crippen LogP contribution is -2.15. The molecule has 2 rings (SSSR count). The second-order valence-corrected chi connectivity index (χ2v) is 4.63. The lowest BCUT2D eigenvalue weighted by molar-refractivity contribution is -0.384. The van der Waals surface area contributed by atoms with E-state index in [0.717, 1.165) is 25.7 Å². The van der Waals surface area contributed by atoms with E-state index in [2.05, 4.69) is 5.32 Å². The van der Waals surface area contributed by atoms with Gasteiger partial charge >= 0.3 is 0 Å². The number of benzene rings is 1. The zero-order valence-corrected chi connectivity index (χ0v) is 10.7. The van der Waals surface area contributed by atoms with Gasteiger partial charge in [-0.2, -0.15) is 0 Å². The molecule has 19 heavy (non-hydrogen) atoms. The Morgan fingerprint density at radius 1 is 1.42 bits per heavy atom. The zero-order chi connectivity index (χ0) is 13.7. The standard InChI is InChI=1S/C13H18N2O4/c16-7-8-19-11-5-6-13(15(17)18)12(9-11)14-10-3-1-2-4-10/h5-6,9-10,14,16H,1-4,7-8H2. The first-order valence-electron chi connectivity index (χ1n) is 6.49. The van der Waals surface area contributed by atoms with Crippen LogP contribution in [0.5, 0.6) is 5.75 Å². The molecule has 0 spiro atoms. The van der Waals surface area contributed by atoms with Crippen molar-refractivity contribution in [2.24, 2.45) is 0 Å². The van der Waals surface area contributed by atoms with E-state index in [4.69, 9.17) is 9.84 Å². The third-order valence-electron chi connectivity index (χ3n) is 3.24. The van der Waals surface area contributed by atoms with Gasteiger partial charge in [-0.15, -0.1) is 0 Å². The molecule has 1 aliphatic carbocycles. The lowest BCUT2D eigenvalue weighted by atomic mass is 10.2. The largest absolute Gasteiger partial charge is 0.491 e. The highest BCUT2D eigenvalue weighted by molar-refractivity contribution is 5.64. The van der Waals surface area contributed by atoms with E-state index >= 15 is 0 Å². The minimum Gasteiger partial charge on any atom is -0.491 e. The molecule has 0 radical (unpaired) electrons. The van der Waals surface area contributed by atoms with Gasteiger partial charge in [0.25, 0.3) is 5.69 Å². The fraction of sp³-hybridized carbons (Fsp3) is 0.538. The van der Waals surface area contributed by atoms with Gasteiger partial charge in [0.1, 0.15) is 18.0 Å². The highest BCUT2D eigenvalue weighted by Crippen LogP contribution is 2.32. The van der Waals surface area contributed by atoms with Gasteiger partial charge < -0.3 is 15.2 Å². The minimum absolute atomic E-state index is 0.0586. The Balaban J connectivity index is 2.17. The molecule has 0 heterocycles. The molecule has 0 atom stereocenters. The summed E-state index contributed by atoms with van der Waals surface area (Å²) in [6, 6.07) is 4.91. The van der Waals surface area contributed by atoms with Crippen LogP contribution in [-0.2, 0) is 0 Å². The van der Waals surface area contributed by atoms with Crippen molar-refractivity contribution < 1.29 is 14.8 Å². The number of nitro benzene ring substituents is 1. The number of hydrogen-bond donors (Lipinski definition) is 2. The number of anilines is 1. The van der Waals surface area contributed by atoms with Gasteiger partial charge in [0.05, 0.1) is 11.5 Å². The van der Waals surface area contributed by atoms with Crippen molar-refractivity contribution in [2.75, 3.05) is 18.5 Å². The Morgan fingerprint density at radius 3 is 2.79 bits per heavy atom. The Morgan fingerprint density at radius 2 is 2.16 bits per heavy atom. The van der Waals surface area contributed by atoms with Crippen LogP contribution in [0.3, 0.4) is 0 Å². The minimum atomic E-state index is -0.396. The maximum Gasteiger partial charge on any atom is 0.292 e. The van der Waals surface area contributed by atoms with Crippen molar-refractivity contribution in [2.45, 2.75) is 31.7 Å². The van der Waals surface area contributed by atoms with Gasteiger partial charge in [-0.3, -0.25) is 10.1 Å². The van der Waals surface area contributed by atoms with E-state index in [0.29, 0.717) is 17.5 Å². The average Bonchev–Trinajstić information content (AvgIpc) is 2.89. The van der Waals surface area contributed by atoms with Gasteiger partial charge in [-0.1, -0.05) is 12.8 Å². The highest BCUT2D eigenvalue weighted by atomic mass is 16.6. The number of aliphatic hydroxyl groups excluding tert-OH is 1. The third kappa shape index (κ3) is 3.57. The van der Waals surface area contributed by atoms with E-state index in [9.17, 15) is 10.1 Å². The average molecular weight is 266 g/mol. The molecule has 0 bridgehead atoms. The molecular formula is C13H18N2O4. The van der Waals surface area contributed by atoms with Crippen molar-refractivity contribution in [1.82, 2.24) is 0 Å². The van der Waals surface area contributed by atoms with Crippen molar-refractivity contribution >= 4 is 11.4 Å². The van der Waals surface area contributed by atoms with Crippen LogP contribution in [0.4, 0.5) is 11.4 Å². The van der Waals surface area contributed by atoms with Crippen molar-refractivity contribution in [3.63, 3.8) is 0 Å². The first-order valence-corrected chi connectivity index (χ1v) is 6.49. The third-order valence-corrected chi connectivity index (χ3v) is 3.24. The van der Waals surface area contributed by atoms with Gasteiger partial charge in [-0.25, -0.2) is 0 Å². The molecule has 0 aromatic heterocycles. The van der Waals surface area contributed by atoms with Crippen LogP contribution in [-0.4, -0.2) is 29.3 Å². The molecule has 0 unspecified atom stereocenters. The van der Waals surface area contributed by atoms with Crippen LogP contribution in [0.2, 0.25) is 0 Å². The van der Waals surface area contributed by atoms with Crippen molar-refractivity contribution in [3.8, 4) is 5.75 Å². The topological polar surface area (TPSA) is 84.6 Å². The molecular weight excluding hydrogens is 248 g/mol. The summed E-state index contributed by atoms with van der Waals surface area (Å²) in [5.41, 5.74) is 0.551. The summed E-state index contributed by atoms with van der Waals surface area (Å²) in [6.07, 6.45) is 4.40. The van der Waals surface area contributed by atoms with Gasteiger partial charge in [0.2, 0.25) is 0 Å². The van der Waals surface area contributed by atoms with Crippen LogP contribution in [0.25, 0.3) is 0 Å². The van der Waals surface area contributed by atoms with Crippen molar-refractivity contribution in [1.29, 1.82) is 0 Å². The molecule has 1 aromatic rings. The smallest absolute Gasteiger partial charge is 0.292 e. The Kier molecular flexibility index (Phi) is 4.57. The second-order valence-electron chi connectivity index (χ2n) is 4.63.